The van der Waals surface area contributed by atoms with Gasteiger partial charge in [-0.1, -0.05) is 39.8 Å². The maximum atomic E-state index is 11.0. The highest BCUT2D eigenvalue weighted by Crippen LogP contribution is 2.35. The minimum Gasteiger partial charge on any atom is -0.481 e. The van der Waals surface area contributed by atoms with E-state index in [0.717, 1.165) is 16.7 Å². The standard InChI is InChI=1S/C15H19NO2/c1-9(2)11-6-7-13(16-5)15(10(3)4)12(11)8-14(17)18/h6-7,9-10H,8H2,1-4H3,(H,17,18). The molecule has 0 bridgehead atoms. The smallest absolute Gasteiger partial charge is 0.307 e. The Morgan fingerprint density at radius 3 is 2.28 bits per heavy atom. The molecule has 0 radical (unpaired) electrons. The van der Waals surface area contributed by atoms with Crippen LogP contribution in [-0.2, 0) is 11.2 Å². The number of hydrogen-bond acceptors (Lipinski definition) is 1. The number of carboxylic acid groups (broad SMARTS) is 1. The van der Waals surface area contributed by atoms with E-state index in [2.05, 4.69) is 4.85 Å². The van der Waals surface area contributed by atoms with Crippen LogP contribution in [0.25, 0.3) is 4.85 Å². The Hall–Kier alpha value is -1.82. The predicted molar refractivity (Wildman–Crippen MR) is 72.2 cm³/mol. The highest BCUT2D eigenvalue weighted by Gasteiger charge is 2.19. The van der Waals surface area contributed by atoms with Gasteiger partial charge in [-0.2, -0.15) is 0 Å². The van der Waals surface area contributed by atoms with Crippen molar-refractivity contribution in [3.8, 4) is 0 Å². The van der Waals surface area contributed by atoms with E-state index in [1.54, 1.807) is 0 Å². The molecule has 0 saturated heterocycles. The van der Waals surface area contributed by atoms with Crippen LogP contribution in [0.5, 0.6) is 0 Å². The monoisotopic (exact) mass is 245 g/mol. The first-order chi connectivity index (χ1) is 8.38. The minimum atomic E-state index is -0.846. The zero-order chi connectivity index (χ0) is 13.9. The van der Waals surface area contributed by atoms with Gasteiger partial charge in [-0.05, 0) is 28.5 Å². The molecule has 1 aromatic carbocycles. The molecule has 0 aliphatic rings. The average molecular weight is 245 g/mol. The van der Waals surface area contributed by atoms with Gasteiger partial charge in [-0.3, -0.25) is 4.79 Å². The third kappa shape index (κ3) is 2.89. The Labute approximate surface area is 108 Å². The first-order valence-corrected chi connectivity index (χ1v) is 6.13. The number of benzene rings is 1. The molecule has 0 spiro atoms. The van der Waals surface area contributed by atoms with Crippen LogP contribution in [0, 0.1) is 6.57 Å². The van der Waals surface area contributed by atoms with Gasteiger partial charge in [-0.15, -0.1) is 0 Å². The molecule has 0 fully saturated rings. The molecule has 0 atom stereocenters. The summed E-state index contributed by atoms with van der Waals surface area (Å²) >= 11 is 0. The molecule has 18 heavy (non-hydrogen) atoms. The van der Waals surface area contributed by atoms with Gasteiger partial charge in [0.05, 0.1) is 13.0 Å². The average Bonchev–Trinajstić information content (AvgIpc) is 2.26. The summed E-state index contributed by atoms with van der Waals surface area (Å²) in [4.78, 5) is 14.6. The third-order valence-electron chi connectivity index (χ3n) is 3.02. The second kappa shape index (κ2) is 5.68. The second-order valence-electron chi connectivity index (χ2n) is 5.06. The quantitative estimate of drug-likeness (QED) is 0.811. The van der Waals surface area contributed by atoms with E-state index in [-0.39, 0.29) is 18.3 Å². The van der Waals surface area contributed by atoms with Gasteiger partial charge >= 0.3 is 5.97 Å². The van der Waals surface area contributed by atoms with Gasteiger partial charge in [0.15, 0.2) is 5.69 Å². The molecule has 1 N–H and O–H groups in total. The van der Waals surface area contributed by atoms with Crippen LogP contribution in [0.4, 0.5) is 5.69 Å². The van der Waals surface area contributed by atoms with E-state index in [1.165, 1.54) is 0 Å². The third-order valence-corrected chi connectivity index (χ3v) is 3.02. The van der Waals surface area contributed by atoms with Gasteiger partial charge in [0, 0.05) is 0 Å². The van der Waals surface area contributed by atoms with Crippen molar-refractivity contribution in [2.24, 2.45) is 0 Å². The predicted octanol–water partition coefficient (Wildman–Crippen LogP) is 4.11. The van der Waals surface area contributed by atoms with Gasteiger partial charge in [0.2, 0.25) is 0 Å². The van der Waals surface area contributed by atoms with Crippen molar-refractivity contribution in [1.82, 2.24) is 0 Å². The van der Waals surface area contributed by atoms with Crippen molar-refractivity contribution < 1.29 is 9.90 Å². The number of rotatable bonds is 4. The molecule has 0 unspecified atom stereocenters. The molecule has 3 nitrogen and oxygen atoms in total. The molecule has 0 aliphatic carbocycles. The Morgan fingerprint density at radius 2 is 1.89 bits per heavy atom. The lowest BCUT2D eigenvalue weighted by Crippen LogP contribution is -2.09. The lowest BCUT2D eigenvalue weighted by atomic mass is 9.86. The van der Waals surface area contributed by atoms with Crippen molar-refractivity contribution >= 4 is 11.7 Å². The molecular weight excluding hydrogens is 226 g/mol. The summed E-state index contributed by atoms with van der Waals surface area (Å²) in [5.74, 6) is -0.431. The summed E-state index contributed by atoms with van der Waals surface area (Å²) in [6.07, 6.45) is -0.00954. The highest BCUT2D eigenvalue weighted by molar-refractivity contribution is 5.74. The van der Waals surface area contributed by atoms with E-state index in [1.807, 2.05) is 39.8 Å². The number of nitrogens with zero attached hydrogens (tertiary/aromatic N) is 1. The zero-order valence-corrected chi connectivity index (χ0v) is 11.3. The SMILES string of the molecule is [C-]#[N+]c1ccc(C(C)C)c(CC(=O)O)c1C(C)C. The molecule has 0 aromatic heterocycles. The summed E-state index contributed by atoms with van der Waals surface area (Å²) in [6, 6.07) is 3.70. The number of carbonyl (C=O) groups is 1. The number of aliphatic carboxylic acids is 1. The molecule has 0 heterocycles. The molecule has 1 rings (SSSR count). The van der Waals surface area contributed by atoms with Crippen LogP contribution in [0.1, 0.15) is 56.2 Å². The summed E-state index contributed by atoms with van der Waals surface area (Å²) in [6.45, 7) is 15.3. The molecule has 96 valence electrons. The molecule has 0 amide bonds. The van der Waals surface area contributed by atoms with Crippen LogP contribution in [0.3, 0.4) is 0 Å². The topological polar surface area (TPSA) is 41.7 Å². The van der Waals surface area contributed by atoms with Crippen LogP contribution >= 0.6 is 0 Å². The van der Waals surface area contributed by atoms with Crippen molar-refractivity contribution in [3.63, 3.8) is 0 Å². The minimum absolute atomic E-state index is 0.00954. The zero-order valence-electron chi connectivity index (χ0n) is 11.3. The Bertz CT molecular complexity index is 496. The number of hydrogen-bond donors (Lipinski definition) is 1. The Kier molecular flexibility index (Phi) is 4.49. The fourth-order valence-electron chi connectivity index (χ4n) is 2.30. The largest absolute Gasteiger partial charge is 0.481 e. The maximum absolute atomic E-state index is 11.0. The second-order valence-corrected chi connectivity index (χ2v) is 5.06. The van der Waals surface area contributed by atoms with Crippen molar-refractivity contribution in [1.29, 1.82) is 0 Å². The van der Waals surface area contributed by atoms with E-state index < -0.39 is 5.97 Å². The fourth-order valence-corrected chi connectivity index (χ4v) is 2.30. The lowest BCUT2D eigenvalue weighted by Gasteiger charge is -2.20. The first kappa shape index (κ1) is 14.2. The van der Waals surface area contributed by atoms with Crippen molar-refractivity contribution in [2.75, 3.05) is 0 Å². The molecule has 1 aromatic rings. The van der Waals surface area contributed by atoms with Gasteiger partial charge in [0.1, 0.15) is 0 Å². The van der Waals surface area contributed by atoms with Gasteiger partial charge in [0.25, 0.3) is 0 Å². The molecule has 0 aliphatic heterocycles. The van der Waals surface area contributed by atoms with Crippen LogP contribution in [-0.4, -0.2) is 11.1 Å². The molecule has 3 heteroatoms. The lowest BCUT2D eigenvalue weighted by molar-refractivity contribution is -0.136. The first-order valence-electron chi connectivity index (χ1n) is 6.13. The number of carboxylic acids is 1. The van der Waals surface area contributed by atoms with E-state index in [9.17, 15) is 4.79 Å². The normalized spacial score (nSPS) is 10.7. The van der Waals surface area contributed by atoms with Gasteiger partial charge < -0.3 is 5.11 Å². The Balaban J connectivity index is 3.55. The maximum Gasteiger partial charge on any atom is 0.307 e. The summed E-state index contributed by atoms with van der Waals surface area (Å²) < 4.78 is 0. The van der Waals surface area contributed by atoms with Crippen LogP contribution in [0.15, 0.2) is 12.1 Å². The van der Waals surface area contributed by atoms with E-state index >= 15 is 0 Å². The Morgan fingerprint density at radius 1 is 1.28 bits per heavy atom. The highest BCUT2D eigenvalue weighted by atomic mass is 16.4. The van der Waals surface area contributed by atoms with Crippen molar-refractivity contribution in [2.45, 2.75) is 46.0 Å². The molecular formula is C15H19NO2. The van der Waals surface area contributed by atoms with Crippen molar-refractivity contribution in [3.05, 3.63) is 40.2 Å². The summed E-state index contributed by atoms with van der Waals surface area (Å²) in [5, 5.41) is 9.07. The van der Waals surface area contributed by atoms with E-state index in [0.29, 0.717) is 5.69 Å². The fraction of sp³-hybridized carbons (Fsp3) is 0.467. The van der Waals surface area contributed by atoms with Crippen LogP contribution < -0.4 is 0 Å². The van der Waals surface area contributed by atoms with Gasteiger partial charge in [-0.25, -0.2) is 4.85 Å². The molecule has 0 saturated carbocycles. The van der Waals surface area contributed by atoms with Crippen LogP contribution in [0.2, 0.25) is 0 Å². The summed E-state index contributed by atoms with van der Waals surface area (Å²) in [7, 11) is 0. The summed E-state index contributed by atoms with van der Waals surface area (Å²) in [5.41, 5.74) is 3.32. The van der Waals surface area contributed by atoms with E-state index in [4.69, 9.17) is 11.7 Å².